The maximum Gasteiger partial charge on any atom is 0.308 e. The summed E-state index contributed by atoms with van der Waals surface area (Å²) in [5.41, 5.74) is 2.76. The zero-order valence-electron chi connectivity index (χ0n) is 11.4. The second-order valence-corrected chi connectivity index (χ2v) is 4.41. The lowest BCUT2D eigenvalue weighted by Crippen LogP contribution is -2.04. The molecule has 0 heterocycles. The minimum absolute atomic E-state index is 0.336. The fourth-order valence-corrected chi connectivity index (χ4v) is 1.88. The zero-order chi connectivity index (χ0) is 14.4. The van der Waals surface area contributed by atoms with E-state index in [1.807, 2.05) is 54.6 Å². The molecule has 0 spiro atoms. The molecule has 0 fully saturated rings. The van der Waals surface area contributed by atoms with Crippen LogP contribution in [-0.4, -0.2) is 5.97 Å². The molecule has 0 bridgehead atoms. The van der Waals surface area contributed by atoms with Gasteiger partial charge in [0.2, 0.25) is 0 Å². The predicted molar refractivity (Wildman–Crippen MR) is 81.4 cm³/mol. The van der Waals surface area contributed by atoms with E-state index in [-0.39, 0.29) is 5.97 Å². The Morgan fingerprint density at radius 3 is 2.65 bits per heavy atom. The van der Waals surface area contributed by atoms with Gasteiger partial charge >= 0.3 is 5.97 Å². The Balaban J connectivity index is 2.30. The highest BCUT2D eigenvalue weighted by Gasteiger charge is 2.08. The second-order valence-electron chi connectivity index (χ2n) is 4.41. The van der Waals surface area contributed by atoms with Crippen molar-refractivity contribution in [2.45, 2.75) is 13.3 Å². The molecule has 0 amide bonds. The van der Waals surface area contributed by atoms with E-state index in [0.29, 0.717) is 5.75 Å². The smallest absolute Gasteiger partial charge is 0.308 e. The lowest BCUT2D eigenvalue weighted by Gasteiger charge is -2.12. The number of hydrogen-bond acceptors (Lipinski definition) is 3. The van der Waals surface area contributed by atoms with E-state index in [4.69, 9.17) is 4.74 Å². The standard InChI is InChI=1S/C17H17NO2/c1-3-7-14-10-11-16(17(12-14)20-13(2)19)18-15-8-5-4-6-9-15/h3-6,8-12,18H,1,7H2,2H3. The van der Waals surface area contributed by atoms with Crippen LogP contribution in [0.1, 0.15) is 12.5 Å². The average Bonchev–Trinajstić information content (AvgIpc) is 2.42. The third-order valence-electron chi connectivity index (χ3n) is 2.73. The van der Waals surface area contributed by atoms with Crippen molar-refractivity contribution in [1.29, 1.82) is 0 Å². The van der Waals surface area contributed by atoms with Gasteiger partial charge in [-0.25, -0.2) is 0 Å². The van der Waals surface area contributed by atoms with Gasteiger partial charge in [-0.1, -0.05) is 30.3 Å². The number of carbonyl (C=O) groups excluding carboxylic acids is 1. The third-order valence-corrected chi connectivity index (χ3v) is 2.73. The van der Waals surface area contributed by atoms with E-state index in [2.05, 4.69) is 11.9 Å². The molecule has 3 heteroatoms. The van der Waals surface area contributed by atoms with Crippen LogP contribution in [0.2, 0.25) is 0 Å². The number of para-hydroxylation sites is 1. The summed E-state index contributed by atoms with van der Waals surface area (Å²) in [5, 5.41) is 3.24. The SMILES string of the molecule is C=CCc1ccc(Nc2ccccc2)c(OC(C)=O)c1. The predicted octanol–water partition coefficient (Wildman–Crippen LogP) is 4.08. The van der Waals surface area contributed by atoms with Crippen molar-refractivity contribution in [3.05, 3.63) is 66.7 Å². The summed E-state index contributed by atoms with van der Waals surface area (Å²) in [4.78, 5) is 11.2. The molecule has 0 aliphatic heterocycles. The Bertz CT molecular complexity index is 606. The monoisotopic (exact) mass is 267 g/mol. The topological polar surface area (TPSA) is 38.3 Å². The molecule has 0 saturated heterocycles. The number of benzene rings is 2. The number of rotatable bonds is 5. The van der Waals surface area contributed by atoms with Gasteiger partial charge in [-0.3, -0.25) is 4.79 Å². The molecule has 0 unspecified atom stereocenters. The molecular weight excluding hydrogens is 250 g/mol. The molecule has 2 rings (SSSR count). The van der Waals surface area contributed by atoms with Crippen LogP contribution < -0.4 is 10.1 Å². The van der Waals surface area contributed by atoms with Crippen LogP contribution >= 0.6 is 0 Å². The molecule has 20 heavy (non-hydrogen) atoms. The Kier molecular flexibility index (Phi) is 4.56. The maximum absolute atomic E-state index is 11.2. The lowest BCUT2D eigenvalue weighted by atomic mass is 10.1. The van der Waals surface area contributed by atoms with Crippen molar-refractivity contribution < 1.29 is 9.53 Å². The summed E-state index contributed by atoms with van der Waals surface area (Å²) in [7, 11) is 0. The van der Waals surface area contributed by atoms with Crippen LogP contribution in [0.15, 0.2) is 61.2 Å². The molecule has 1 N–H and O–H groups in total. The summed E-state index contributed by atoms with van der Waals surface area (Å²) in [5.74, 6) is 0.192. The van der Waals surface area contributed by atoms with Crippen LogP contribution in [0.25, 0.3) is 0 Å². The van der Waals surface area contributed by atoms with Gasteiger partial charge < -0.3 is 10.1 Å². The molecule has 0 saturated carbocycles. The molecule has 0 radical (unpaired) electrons. The Morgan fingerprint density at radius 1 is 1.25 bits per heavy atom. The van der Waals surface area contributed by atoms with Crippen molar-refractivity contribution in [3.8, 4) is 5.75 Å². The summed E-state index contributed by atoms with van der Waals surface area (Å²) >= 11 is 0. The fourth-order valence-electron chi connectivity index (χ4n) is 1.88. The van der Waals surface area contributed by atoms with E-state index in [9.17, 15) is 4.79 Å². The van der Waals surface area contributed by atoms with Gasteiger partial charge in [0.25, 0.3) is 0 Å². The zero-order valence-corrected chi connectivity index (χ0v) is 11.4. The average molecular weight is 267 g/mol. The summed E-state index contributed by atoms with van der Waals surface area (Å²) in [6.07, 6.45) is 2.55. The molecule has 2 aromatic carbocycles. The first-order chi connectivity index (χ1) is 9.69. The van der Waals surface area contributed by atoms with E-state index in [0.717, 1.165) is 23.4 Å². The molecule has 3 nitrogen and oxygen atoms in total. The van der Waals surface area contributed by atoms with E-state index < -0.39 is 0 Å². The van der Waals surface area contributed by atoms with Crippen LogP contribution in [0.3, 0.4) is 0 Å². The van der Waals surface area contributed by atoms with Crippen molar-refractivity contribution in [2.24, 2.45) is 0 Å². The normalized spacial score (nSPS) is 9.85. The largest absolute Gasteiger partial charge is 0.424 e. The van der Waals surface area contributed by atoms with Gasteiger partial charge in [-0.05, 0) is 36.2 Å². The number of hydrogen-bond donors (Lipinski definition) is 1. The number of carbonyl (C=O) groups is 1. The van der Waals surface area contributed by atoms with E-state index >= 15 is 0 Å². The summed E-state index contributed by atoms with van der Waals surface area (Å²) in [6, 6.07) is 15.5. The van der Waals surface area contributed by atoms with Crippen molar-refractivity contribution in [3.63, 3.8) is 0 Å². The highest BCUT2D eigenvalue weighted by Crippen LogP contribution is 2.29. The quantitative estimate of drug-likeness (QED) is 0.504. The lowest BCUT2D eigenvalue weighted by molar-refractivity contribution is -0.131. The van der Waals surface area contributed by atoms with Crippen LogP contribution in [0, 0.1) is 0 Å². The number of anilines is 2. The van der Waals surface area contributed by atoms with Gasteiger partial charge in [0, 0.05) is 12.6 Å². The van der Waals surface area contributed by atoms with E-state index in [1.54, 1.807) is 0 Å². The summed E-state index contributed by atoms with van der Waals surface area (Å²) in [6.45, 7) is 5.11. The third kappa shape index (κ3) is 3.72. The Hall–Kier alpha value is -2.55. The molecule has 2 aromatic rings. The number of ether oxygens (including phenoxy) is 1. The van der Waals surface area contributed by atoms with E-state index in [1.165, 1.54) is 6.92 Å². The van der Waals surface area contributed by atoms with Crippen molar-refractivity contribution >= 4 is 17.3 Å². The highest BCUT2D eigenvalue weighted by atomic mass is 16.5. The second kappa shape index (κ2) is 6.57. The van der Waals surface area contributed by atoms with Gasteiger partial charge in [-0.15, -0.1) is 6.58 Å². The Labute approximate surface area is 118 Å². The molecule has 102 valence electrons. The first kappa shape index (κ1) is 13.9. The number of nitrogens with one attached hydrogen (secondary N) is 1. The van der Waals surface area contributed by atoms with Gasteiger partial charge in [0.05, 0.1) is 5.69 Å². The minimum Gasteiger partial charge on any atom is -0.424 e. The van der Waals surface area contributed by atoms with Crippen LogP contribution in [0.4, 0.5) is 11.4 Å². The minimum atomic E-state index is -0.336. The molecule has 0 atom stereocenters. The first-order valence-corrected chi connectivity index (χ1v) is 6.43. The fraction of sp³-hybridized carbons (Fsp3) is 0.118. The highest BCUT2D eigenvalue weighted by molar-refractivity contribution is 5.75. The van der Waals surface area contributed by atoms with Crippen LogP contribution in [0.5, 0.6) is 5.75 Å². The number of esters is 1. The maximum atomic E-state index is 11.2. The first-order valence-electron chi connectivity index (χ1n) is 6.43. The molecular formula is C17H17NO2. The van der Waals surface area contributed by atoms with Crippen molar-refractivity contribution in [1.82, 2.24) is 0 Å². The number of allylic oxidation sites excluding steroid dienone is 1. The Morgan fingerprint density at radius 2 is 2.00 bits per heavy atom. The van der Waals surface area contributed by atoms with Gasteiger partial charge in [0.1, 0.15) is 0 Å². The van der Waals surface area contributed by atoms with Crippen LogP contribution in [-0.2, 0) is 11.2 Å². The van der Waals surface area contributed by atoms with Gasteiger partial charge in [-0.2, -0.15) is 0 Å². The van der Waals surface area contributed by atoms with Gasteiger partial charge in [0.15, 0.2) is 5.75 Å². The summed E-state index contributed by atoms with van der Waals surface area (Å²) < 4.78 is 5.27. The molecule has 0 aliphatic carbocycles. The van der Waals surface area contributed by atoms with Crippen molar-refractivity contribution in [2.75, 3.05) is 5.32 Å². The molecule has 0 aromatic heterocycles. The molecule has 0 aliphatic rings.